The lowest BCUT2D eigenvalue weighted by atomic mass is 10.1. The van der Waals surface area contributed by atoms with Crippen molar-refractivity contribution < 1.29 is 18.6 Å². The summed E-state index contributed by atoms with van der Waals surface area (Å²) in [5.41, 5.74) is 0.731. The van der Waals surface area contributed by atoms with Crippen LogP contribution in [0.5, 0.6) is 5.75 Å². The first-order valence-electron chi connectivity index (χ1n) is 6.42. The zero-order valence-electron chi connectivity index (χ0n) is 11.4. The van der Waals surface area contributed by atoms with Crippen LogP contribution < -0.4 is 4.74 Å². The lowest BCUT2D eigenvalue weighted by Gasteiger charge is -2.27. The van der Waals surface area contributed by atoms with Crippen LogP contribution in [0.15, 0.2) is 24.3 Å². The Kier molecular flexibility index (Phi) is 6.73. The van der Waals surface area contributed by atoms with Gasteiger partial charge < -0.3 is 9.84 Å². The maximum absolute atomic E-state index is 12.3. The third-order valence-electron chi connectivity index (χ3n) is 2.90. The Bertz CT molecular complexity index is 372. The highest BCUT2D eigenvalue weighted by molar-refractivity contribution is 5.33. The van der Waals surface area contributed by atoms with E-state index in [0.29, 0.717) is 13.0 Å². The number of nitrogens with zero attached hydrogens (tertiary/aromatic N) is 1. The number of benzene rings is 1. The number of hydrogen-bond donors (Lipinski definition) is 1. The maximum atomic E-state index is 12.3. The monoisotopic (exact) mass is 273 g/mol. The second kappa shape index (κ2) is 8.07. The highest BCUT2D eigenvalue weighted by Crippen LogP contribution is 2.22. The first-order valence-corrected chi connectivity index (χ1v) is 6.42. The van der Waals surface area contributed by atoms with E-state index in [2.05, 4.69) is 9.64 Å². The van der Waals surface area contributed by atoms with Crippen molar-refractivity contribution in [2.75, 3.05) is 13.2 Å². The van der Waals surface area contributed by atoms with Crippen molar-refractivity contribution in [2.24, 2.45) is 0 Å². The number of aliphatic hydroxyl groups excluding tert-OH is 1. The zero-order valence-corrected chi connectivity index (χ0v) is 11.4. The van der Waals surface area contributed by atoms with E-state index in [9.17, 15) is 8.78 Å². The minimum Gasteiger partial charge on any atom is -0.434 e. The van der Waals surface area contributed by atoms with Crippen molar-refractivity contribution in [3.8, 4) is 5.75 Å². The molecule has 108 valence electrons. The van der Waals surface area contributed by atoms with Crippen LogP contribution in [0.2, 0.25) is 0 Å². The molecule has 19 heavy (non-hydrogen) atoms. The minimum atomic E-state index is -2.81. The SMILES string of the molecule is CC(C)N(CCCO)Cc1ccccc1OC(F)F. The number of alkyl halides is 2. The average molecular weight is 273 g/mol. The van der Waals surface area contributed by atoms with Gasteiger partial charge in [-0.3, -0.25) is 4.90 Å². The van der Waals surface area contributed by atoms with Gasteiger partial charge in [0.05, 0.1) is 0 Å². The molecule has 0 aliphatic carbocycles. The van der Waals surface area contributed by atoms with Crippen molar-refractivity contribution >= 4 is 0 Å². The molecule has 3 nitrogen and oxygen atoms in total. The highest BCUT2D eigenvalue weighted by Gasteiger charge is 2.14. The number of hydrogen-bond acceptors (Lipinski definition) is 3. The van der Waals surface area contributed by atoms with Crippen molar-refractivity contribution in [3.05, 3.63) is 29.8 Å². The van der Waals surface area contributed by atoms with Crippen LogP contribution in [0.1, 0.15) is 25.8 Å². The van der Waals surface area contributed by atoms with Gasteiger partial charge in [0.15, 0.2) is 0 Å². The Morgan fingerprint density at radius 3 is 2.53 bits per heavy atom. The lowest BCUT2D eigenvalue weighted by Crippen LogP contribution is -2.32. The van der Waals surface area contributed by atoms with E-state index >= 15 is 0 Å². The predicted molar refractivity (Wildman–Crippen MR) is 70.3 cm³/mol. The standard InChI is InChI=1S/C14H21F2NO2/c1-11(2)17(8-5-9-18)10-12-6-3-4-7-13(12)19-14(15)16/h3-4,6-7,11,14,18H,5,8-10H2,1-2H3. The molecule has 0 aliphatic rings. The van der Waals surface area contributed by atoms with E-state index in [1.54, 1.807) is 24.3 Å². The number of ether oxygens (including phenoxy) is 1. The van der Waals surface area contributed by atoms with Gasteiger partial charge >= 0.3 is 6.61 Å². The smallest absolute Gasteiger partial charge is 0.387 e. The summed E-state index contributed by atoms with van der Waals surface area (Å²) < 4.78 is 29.2. The third-order valence-corrected chi connectivity index (χ3v) is 2.90. The molecule has 0 unspecified atom stereocenters. The fourth-order valence-corrected chi connectivity index (χ4v) is 1.86. The topological polar surface area (TPSA) is 32.7 Å². The molecular weight excluding hydrogens is 252 g/mol. The molecule has 0 radical (unpaired) electrons. The summed E-state index contributed by atoms with van der Waals surface area (Å²) in [5.74, 6) is 0.215. The first-order chi connectivity index (χ1) is 9.04. The molecule has 0 amide bonds. The Morgan fingerprint density at radius 1 is 1.26 bits per heavy atom. The summed E-state index contributed by atoms with van der Waals surface area (Å²) in [6, 6.07) is 7.08. The van der Waals surface area contributed by atoms with Crippen LogP contribution >= 0.6 is 0 Å². The maximum Gasteiger partial charge on any atom is 0.387 e. The van der Waals surface area contributed by atoms with Crippen LogP contribution in [-0.4, -0.2) is 35.8 Å². The summed E-state index contributed by atoms with van der Waals surface area (Å²) in [4.78, 5) is 2.11. The van der Waals surface area contributed by atoms with Crippen molar-refractivity contribution in [1.82, 2.24) is 4.90 Å². The van der Waals surface area contributed by atoms with E-state index in [4.69, 9.17) is 5.11 Å². The molecule has 1 aromatic carbocycles. The predicted octanol–water partition coefficient (Wildman–Crippen LogP) is 2.88. The van der Waals surface area contributed by atoms with Crippen molar-refractivity contribution in [2.45, 2.75) is 39.5 Å². The third kappa shape index (κ3) is 5.53. The minimum absolute atomic E-state index is 0.123. The molecule has 1 N–H and O–H groups in total. The number of para-hydroxylation sites is 1. The molecule has 0 spiro atoms. The summed E-state index contributed by atoms with van der Waals surface area (Å²) >= 11 is 0. The number of aliphatic hydroxyl groups is 1. The fourth-order valence-electron chi connectivity index (χ4n) is 1.86. The molecule has 0 saturated heterocycles. The van der Waals surface area contributed by atoms with Crippen LogP contribution in [-0.2, 0) is 6.54 Å². The fraction of sp³-hybridized carbons (Fsp3) is 0.571. The summed E-state index contributed by atoms with van der Waals surface area (Å²) in [6.07, 6.45) is 0.663. The second-order valence-corrected chi connectivity index (χ2v) is 4.63. The summed E-state index contributed by atoms with van der Waals surface area (Å²) in [7, 11) is 0. The molecule has 0 bridgehead atoms. The van der Waals surface area contributed by atoms with E-state index in [0.717, 1.165) is 12.1 Å². The van der Waals surface area contributed by atoms with E-state index < -0.39 is 6.61 Å². The Hall–Kier alpha value is -1.20. The normalized spacial score (nSPS) is 11.6. The van der Waals surface area contributed by atoms with Crippen LogP contribution in [0.3, 0.4) is 0 Å². The Morgan fingerprint density at radius 2 is 1.95 bits per heavy atom. The molecule has 1 rings (SSSR count). The summed E-state index contributed by atoms with van der Waals surface area (Å²) in [6.45, 7) is 2.63. The number of halogens is 2. The number of rotatable bonds is 8. The second-order valence-electron chi connectivity index (χ2n) is 4.63. The van der Waals surface area contributed by atoms with Gasteiger partial charge in [-0.25, -0.2) is 0 Å². The lowest BCUT2D eigenvalue weighted by molar-refractivity contribution is -0.0508. The van der Waals surface area contributed by atoms with E-state index in [-0.39, 0.29) is 18.4 Å². The van der Waals surface area contributed by atoms with Crippen molar-refractivity contribution in [3.63, 3.8) is 0 Å². The van der Waals surface area contributed by atoms with Gasteiger partial charge in [-0.15, -0.1) is 0 Å². The van der Waals surface area contributed by atoms with Gasteiger partial charge in [0.25, 0.3) is 0 Å². The quantitative estimate of drug-likeness (QED) is 0.790. The molecule has 0 fully saturated rings. The van der Waals surface area contributed by atoms with Crippen molar-refractivity contribution in [1.29, 1.82) is 0 Å². The van der Waals surface area contributed by atoms with Crippen LogP contribution in [0.4, 0.5) is 8.78 Å². The molecular formula is C14H21F2NO2. The van der Waals surface area contributed by atoms with Gasteiger partial charge in [-0.05, 0) is 26.3 Å². The van der Waals surface area contributed by atoms with Gasteiger partial charge in [0.2, 0.25) is 0 Å². The van der Waals surface area contributed by atoms with Gasteiger partial charge in [-0.1, -0.05) is 18.2 Å². The molecule has 0 aliphatic heterocycles. The largest absolute Gasteiger partial charge is 0.434 e. The molecule has 0 saturated carbocycles. The Labute approximate surface area is 112 Å². The van der Waals surface area contributed by atoms with Gasteiger partial charge in [0, 0.05) is 31.3 Å². The Balaban J connectivity index is 2.77. The zero-order chi connectivity index (χ0) is 14.3. The van der Waals surface area contributed by atoms with Gasteiger partial charge in [-0.2, -0.15) is 8.78 Å². The van der Waals surface area contributed by atoms with Gasteiger partial charge in [0.1, 0.15) is 5.75 Å². The van der Waals surface area contributed by atoms with Crippen LogP contribution in [0.25, 0.3) is 0 Å². The average Bonchev–Trinajstić information content (AvgIpc) is 2.35. The van der Waals surface area contributed by atoms with E-state index in [1.807, 2.05) is 13.8 Å². The van der Waals surface area contributed by atoms with E-state index in [1.165, 1.54) is 0 Å². The first kappa shape index (κ1) is 15.9. The summed E-state index contributed by atoms with van der Waals surface area (Å²) in [5, 5.41) is 8.89. The van der Waals surface area contributed by atoms with Crippen LogP contribution in [0, 0.1) is 0 Å². The molecule has 0 atom stereocenters. The molecule has 0 aromatic heterocycles. The highest BCUT2D eigenvalue weighted by atomic mass is 19.3. The molecule has 0 heterocycles. The molecule has 5 heteroatoms. The molecule has 1 aromatic rings.